The molecule has 0 spiro atoms. The van der Waals surface area contributed by atoms with Crippen molar-refractivity contribution < 1.29 is 42.7 Å². The van der Waals surface area contributed by atoms with Crippen LogP contribution in [-0.4, -0.2) is 70.7 Å². The van der Waals surface area contributed by atoms with Crippen LogP contribution in [0, 0.1) is 0 Å². The quantitative estimate of drug-likeness (QED) is 0.124. The molecular weight excluding hydrogens is 592 g/mol. The summed E-state index contributed by atoms with van der Waals surface area (Å²) in [6.45, 7) is 12.9. The highest BCUT2D eigenvalue weighted by molar-refractivity contribution is 6.76. The normalized spacial score (nSPS) is 24.7. The van der Waals surface area contributed by atoms with Crippen LogP contribution in [0.4, 0.5) is 0 Å². The number of benzene rings is 2. The van der Waals surface area contributed by atoms with E-state index in [1.807, 2.05) is 44.2 Å². The van der Waals surface area contributed by atoms with Crippen LogP contribution in [0.15, 0.2) is 60.7 Å². The summed E-state index contributed by atoms with van der Waals surface area (Å²) in [7, 11) is 0.194. The van der Waals surface area contributed by atoms with Crippen LogP contribution in [0.3, 0.4) is 0 Å². The van der Waals surface area contributed by atoms with Gasteiger partial charge >= 0.3 is 11.9 Å². The summed E-state index contributed by atoms with van der Waals surface area (Å²) in [5, 5.41) is 0. The molecule has 0 aliphatic carbocycles. The minimum atomic E-state index is -1.33. The van der Waals surface area contributed by atoms with E-state index in [-0.39, 0.29) is 12.4 Å². The van der Waals surface area contributed by atoms with Crippen LogP contribution >= 0.6 is 0 Å². The highest BCUT2D eigenvalue weighted by Crippen LogP contribution is 2.36. The van der Waals surface area contributed by atoms with Crippen molar-refractivity contribution in [2.45, 2.75) is 89.5 Å². The van der Waals surface area contributed by atoms with Crippen molar-refractivity contribution in [2.75, 3.05) is 20.5 Å². The van der Waals surface area contributed by atoms with E-state index in [2.05, 4.69) is 19.6 Å². The van der Waals surface area contributed by atoms with Crippen molar-refractivity contribution in [1.29, 1.82) is 0 Å². The Bertz CT molecular complexity index is 1360. The van der Waals surface area contributed by atoms with Gasteiger partial charge in [0.1, 0.15) is 35.4 Å². The lowest BCUT2D eigenvalue weighted by molar-refractivity contribution is -0.152. The van der Waals surface area contributed by atoms with Gasteiger partial charge in [0.2, 0.25) is 0 Å². The SMILES string of the molecule is COCOc1cc(OCC[Si](C)(C)C)cc2c1C(=O)O[C@@H](C)C/C=C\C(OC(=O)c1ccccc1)[C@H]1OC(C)(C)O[C@H]1C/C=C/2. The number of rotatable bonds is 9. The molecule has 2 aromatic carbocycles. The topological polar surface area (TPSA) is 98.8 Å². The summed E-state index contributed by atoms with van der Waals surface area (Å²) < 4.78 is 41.6. The predicted molar refractivity (Wildman–Crippen MR) is 174 cm³/mol. The average molecular weight is 639 g/mol. The molecule has 10 heteroatoms. The number of carbonyl (C=O) groups is 2. The smallest absolute Gasteiger partial charge is 0.342 e. The Morgan fingerprint density at radius 1 is 1.02 bits per heavy atom. The third-order valence-corrected chi connectivity index (χ3v) is 9.03. The first-order valence-electron chi connectivity index (χ1n) is 15.4. The van der Waals surface area contributed by atoms with Crippen molar-refractivity contribution in [3.63, 3.8) is 0 Å². The largest absolute Gasteiger partial charge is 0.494 e. The fourth-order valence-corrected chi connectivity index (χ4v) is 5.80. The van der Waals surface area contributed by atoms with Gasteiger partial charge in [0.15, 0.2) is 12.6 Å². The van der Waals surface area contributed by atoms with Gasteiger partial charge in [-0.1, -0.05) is 56.1 Å². The van der Waals surface area contributed by atoms with Crippen LogP contribution in [0.1, 0.15) is 59.9 Å². The molecule has 1 fully saturated rings. The van der Waals surface area contributed by atoms with E-state index < -0.39 is 50.2 Å². The van der Waals surface area contributed by atoms with Crippen molar-refractivity contribution in [3.05, 3.63) is 77.4 Å². The zero-order valence-electron chi connectivity index (χ0n) is 27.4. The highest BCUT2D eigenvalue weighted by Gasteiger charge is 2.45. The summed E-state index contributed by atoms with van der Waals surface area (Å²) in [6.07, 6.45) is 5.93. The second-order valence-corrected chi connectivity index (χ2v) is 18.6. The minimum absolute atomic E-state index is 0.0484. The van der Waals surface area contributed by atoms with Gasteiger partial charge in [-0.15, -0.1) is 0 Å². The van der Waals surface area contributed by atoms with E-state index in [9.17, 15) is 9.59 Å². The van der Waals surface area contributed by atoms with Crippen LogP contribution in [0.5, 0.6) is 11.5 Å². The van der Waals surface area contributed by atoms with E-state index in [1.165, 1.54) is 7.11 Å². The monoisotopic (exact) mass is 638 g/mol. The zero-order chi connectivity index (χ0) is 32.6. The molecule has 9 nitrogen and oxygen atoms in total. The Morgan fingerprint density at radius 2 is 1.78 bits per heavy atom. The van der Waals surface area contributed by atoms with Crippen molar-refractivity contribution in [2.24, 2.45) is 0 Å². The van der Waals surface area contributed by atoms with Gasteiger partial charge in [0.05, 0.1) is 18.3 Å². The first-order chi connectivity index (χ1) is 21.3. The minimum Gasteiger partial charge on any atom is -0.494 e. The number of esters is 2. The summed E-state index contributed by atoms with van der Waals surface area (Å²) >= 11 is 0. The van der Waals surface area contributed by atoms with E-state index >= 15 is 0 Å². The number of methoxy groups -OCH3 is 1. The molecular formula is C35H46O9Si. The fourth-order valence-electron chi connectivity index (χ4n) is 5.08. The summed E-state index contributed by atoms with van der Waals surface area (Å²) in [5.41, 5.74) is 1.30. The molecule has 2 aliphatic rings. The van der Waals surface area contributed by atoms with Gasteiger partial charge < -0.3 is 33.2 Å². The van der Waals surface area contributed by atoms with Crippen molar-refractivity contribution in [3.8, 4) is 11.5 Å². The summed E-state index contributed by atoms with van der Waals surface area (Å²) in [6, 6.07) is 13.3. The maximum atomic E-state index is 13.6. The molecule has 2 heterocycles. The third kappa shape index (κ3) is 10.0. The van der Waals surface area contributed by atoms with Crippen LogP contribution in [0.2, 0.25) is 25.7 Å². The predicted octanol–water partition coefficient (Wildman–Crippen LogP) is 7.04. The number of hydrogen-bond donors (Lipinski definition) is 0. The van der Waals surface area contributed by atoms with Gasteiger partial charge in [-0.2, -0.15) is 0 Å². The van der Waals surface area contributed by atoms with Crippen molar-refractivity contribution in [1.82, 2.24) is 0 Å². The zero-order valence-corrected chi connectivity index (χ0v) is 28.4. The summed E-state index contributed by atoms with van der Waals surface area (Å²) in [4.78, 5) is 26.7. The molecule has 1 unspecified atom stereocenters. The van der Waals surface area contributed by atoms with Gasteiger partial charge in [-0.25, -0.2) is 9.59 Å². The molecule has 4 atom stereocenters. The van der Waals surface area contributed by atoms with Crippen LogP contribution in [-0.2, 0) is 23.7 Å². The molecule has 0 bridgehead atoms. The third-order valence-electron chi connectivity index (χ3n) is 7.33. The Kier molecular flexibility index (Phi) is 11.7. The van der Waals surface area contributed by atoms with E-state index in [0.717, 1.165) is 6.04 Å². The molecule has 45 heavy (non-hydrogen) atoms. The Morgan fingerprint density at radius 3 is 2.49 bits per heavy atom. The number of fused-ring (bicyclic) bond motifs is 2. The van der Waals surface area contributed by atoms with Gasteiger partial charge in [-0.3, -0.25) is 0 Å². The lowest BCUT2D eigenvalue weighted by Gasteiger charge is -2.24. The number of cyclic esters (lactones) is 1. The van der Waals surface area contributed by atoms with Gasteiger partial charge in [0.25, 0.3) is 0 Å². The molecule has 1 saturated heterocycles. The first kappa shape index (κ1) is 34.4. The molecule has 0 radical (unpaired) electrons. The van der Waals surface area contributed by atoms with E-state index in [1.54, 1.807) is 43.3 Å². The first-order valence-corrected chi connectivity index (χ1v) is 19.1. The second-order valence-electron chi connectivity index (χ2n) is 13.0. The number of carbonyl (C=O) groups excluding carboxylic acids is 2. The van der Waals surface area contributed by atoms with Crippen LogP contribution < -0.4 is 9.47 Å². The number of hydrogen-bond acceptors (Lipinski definition) is 9. The lowest BCUT2D eigenvalue weighted by atomic mass is 10.0. The molecule has 0 aromatic heterocycles. The van der Waals surface area contributed by atoms with Gasteiger partial charge in [-0.05, 0) is 63.1 Å². The van der Waals surface area contributed by atoms with Gasteiger partial charge in [0, 0.05) is 27.7 Å². The molecule has 4 rings (SSSR count). The van der Waals surface area contributed by atoms with E-state index in [4.69, 9.17) is 33.2 Å². The fraction of sp³-hybridized carbons (Fsp3) is 0.486. The maximum Gasteiger partial charge on any atom is 0.342 e. The molecule has 0 amide bonds. The molecule has 0 N–H and O–H groups in total. The average Bonchev–Trinajstić information content (AvgIpc) is 3.28. The number of ether oxygens (including phenoxy) is 7. The van der Waals surface area contributed by atoms with Crippen molar-refractivity contribution >= 4 is 26.1 Å². The van der Waals surface area contributed by atoms with E-state index in [0.29, 0.717) is 42.1 Å². The molecule has 2 aliphatic heterocycles. The maximum absolute atomic E-state index is 13.6. The Balaban J connectivity index is 1.69. The summed E-state index contributed by atoms with van der Waals surface area (Å²) in [5.74, 6) is -0.994. The Hall–Kier alpha value is -3.44. The second kappa shape index (κ2) is 15.2. The Labute approximate surface area is 267 Å². The lowest BCUT2D eigenvalue weighted by Crippen LogP contribution is -2.37. The molecule has 244 valence electrons. The van der Waals surface area contributed by atoms with Crippen LogP contribution in [0.25, 0.3) is 6.08 Å². The molecule has 2 aromatic rings. The standard InChI is InChI=1S/C35H46O9Si/c1-24-13-11-17-28(42-33(36)25-14-9-8-10-15-25)32-29(43-35(2,3)44-32)18-12-16-26-21-27(39-19-20-45(5,6)7)22-30(40-23-38-4)31(26)34(37)41-24/h8-12,14-17,21-22,24,28-29,32H,13,18-20,23H2,1-7H3/b16-12+,17-11-/t24-,28?,29-,32+/m0/s1. The molecule has 0 saturated carbocycles. The highest BCUT2D eigenvalue weighted by atomic mass is 28.3.